The highest BCUT2D eigenvalue weighted by Crippen LogP contribution is 2.25. The number of ether oxygens (including phenoxy) is 1. The largest absolute Gasteiger partial charge is 0.457 e. The third kappa shape index (κ3) is 5.72. The second-order valence-corrected chi connectivity index (χ2v) is 8.62. The fraction of sp³-hybridized carbons (Fsp3) is 0.154. The van der Waals surface area contributed by atoms with E-state index >= 15 is 0 Å². The number of benzene rings is 3. The lowest BCUT2D eigenvalue weighted by Crippen LogP contribution is -2.20. The monoisotopic (exact) mass is 476 g/mol. The normalized spacial score (nSPS) is 10.7. The number of rotatable bonds is 6. The van der Waals surface area contributed by atoms with Gasteiger partial charge < -0.3 is 15.4 Å². The first-order valence-electron chi connectivity index (χ1n) is 10.6. The van der Waals surface area contributed by atoms with Crippen LogP contribution in [-0.4, -0.2) is 14.9 Å². The Morgan fingerprint density at radius 1 is 0.939 bits per heavy atom. The summed E-state index contributed by atoms with van der Waals surface area (Å²) in [5.74, 6) is 1.60. The quantitative estimate of drug-likeness (QED) is 0.290. The van der Waals surface area contributed by atoms with Gasteiger partial charge in [-0.05, 0) is 80.5 Å². The van der Waals surface area contributed by atoms with Crippen molar-refractivity contribution in [1.29, 1.82) is 0 Å². The van der Waals surface area contributed by atoms with Gasteiger partial charge in [-0.25, -0.2) is 0 Å². The summed E-state index contributed by atoms with van der Waals surface area (Å²) in [5.41, 5.74) is 5.70. The summed E-state index contributed by atoms with van der Waals surface area (Å²) in [7, 11) is 0. The molecule has 0 aliphatic carbocycles. The molecule has 0 spiro atoms. The molecule has 3 aromatic carbocycles. The zero-order valence-electron chi connectivity index (χ0n) is 18.7. The third-order valence-corrected chi connectivity index (χ3v) is 5.87. The van der Waals surface area contributed by atoms with Crippen molar-refractivity contribution >= 4 is 40.3 Å². The van der Waals surface area contributed by atoms with Gasteiger partial charge >= 0.3 is 0 Å². The van der Waals surface area contributed by atoms with E-state index in [0.717, 1.165) is 45.4 Å². The van der Waals surface area contributed by atoms with Crippen molar-refractivity contribution in [2.75, 3.05) is 10.6 Å². The van der Waals surface area contributed by atoms with Gasteiger partial charge in [-0.2, -0.15) is 5.10 Å². The van der Waals surface area contributed by atoms with Crippen LogP contribution in [0.3, 0.4) is 0 Å². The van der Waals surface area contributed by atoms with Gasteiger partial charge in [0, 0.05) is 10.7 Å². The number of thiocarbonyl (C=S) groups is 1. The molecule has 4 rings (SSSR count). The van der Waals surface area contributed by atoms with Crippen LogP contribution in [0.5, 0.6) is 11.5 Å². The number of anilines is 2. The minimum Gasteiger partial charge on any atom is -0.457 e. The lowest BCUT2D eigenvalue weighted by atomic mass is 10.2. The van der Waals surface area contributed by atoms with Crippen LogP contribution in [0.25, 0.3) is 0 Å². The Hall–Kier alpha value is -3.35. The molecule has 0 aliphatic rings. The fourth-order valence-corrected chi connectivity index (χ4v) is 3.88. The van der Waals surface area contributed by atoms with Crippen molar-refractivity contribution < 1.29 is 4.74 Å². The highest BCUT2D eigenvalue weighted by atomic mass is 35.5. The number of hydrogen-bond acceptors (Lipinski definition) is 3. The minimum absolute atomic E-state index is 0.485. The first-order valence-corrected chi connectivity index (χ1v) is 11.4. The van der Waals surface area contributed by atoms with Gasteiger partial charge in [0.1, 0.15) is 11.5 Å². The van der Waals surface area contributed by atoms with E-state index < -0.39 is 0 Å². The van der Waals surface area contributed by atoms with E-state index in [2.05, 4.69) is 16.7 Å². The highest BCUT2D eigenvalue weighted by molar-refractivity contribution is 7.80. The lowest BCUT2D eigenvalue weighted by molar-refractivity contribution is 0.481. The molecule has 1 heterocycles. The number of hydrogen-bond donors (Lipinski definition) is 2. The summed E-state index contributed by atoms with van der Waals surface area (Å²) in [5, 5.41) is 12.4. The molecule has 7 heteroatoms. The molecule has 0 saturated heterocycles. The van der Waals surface area contributed by atoms with Crippen LogP contribution in [0.2, 0.25) is 5.02 Å². The molecular formula is C26H25ClN4OS. The maximum atomic E-state index is 6.22. The van der Waals surface area contributed by atoms with E-state index in [1.165, 1.54) is 0 Å². The van der Waals surface area contributed by atoms with Gasteiger partial charge in [-0.1, -0.05) is 48.0 Å². The summed E-state index contributed by atoms with van der Waals surface area (Å²) in [6.07, 6.45) is 0. The van der Waals surface area contributed by atoms with E-state index in [1.807, 2.05) is 92.2 Å². The zero-order valence-corrected chi connectivity index (χ0v) is 20.3. The van der Waals surface area contributed by atoms with Crippen LogP contribution in [-0.2, 0) is 6.54 Å². The summed E-state index contributed by atoms with van der Waals surface area (Å²) < 4.78 is 7.93. The summed E-state index contributed by atoms with van der Waals surface area (Å²) in [6.45, 7) is 6.57. The molecule has 0 unspecified atom stereocenters. The van der Waals surface area contributed by atoms with E-state index in [-0.39, 0.29) is 0 Å². The SMILES string of the molecule is Cc1ccc(NC(=S)Nc2c(C)nn(Cc3cccc(Oc4ccccc4)c3)c2C)cc1Cl. The van der Waals surface area contributed by atoms with E-state index in [1.54, 1.807) is 0 Å². The standard InChI is InChI=1S/C26H25ClN4OS/c1-17-12-13-21(15-24(17)27)28-26(33)29-25-18(2)30-31(19(25)3)16-20-8-7-11-23(14-20)32-22-9-5-4-6-10-22/h4-15H,16H2,1-3H3,(H2,28,29,33). The van der Waals surface area contributed by atoms with Crippen LogP contribution >= 0.6 is 23.8 Å². The Balaban J connectivity index is 1.45. The first-order chi connectivity index (χ1) is 15.9. The Bertz CT molecular complexity index is 1290. The second-order valence-electron chi connectivity index (χ2n) is 7.81. The van der Waals surface area contributed by atoms with Crippen LogP contribution in [0.4, 0.5) is 11.4 Å². The maximum absolute atomic E-state index is 6.22. The van der Waals surface area contributed by atoms with E-state index in [9.17, 15) is 0 Å². The molecule has 0 atom stereocenters. The summed E-state index contributed by atoms with van der Waals surface area (Å²) in [6, 6.07) is 23.6. The van der Waals surface area contributed by atoms with Crippen molar-refractivity contribution in [2.45, 2.75) is 27.3 Å². The molecule has 0 amide bonds. The van der Waals surface area contributed by atoms with Crippen molar-refractivity contribution in [3.63, 3.8) is 0 Å². The van der Waals surface area contributed by atoms with Gasteiger partial charge in [0.25, 0.3) is 0 Å². The van der Waals surface area contributed by atoms with Crippen molar-refractivity contribution in [3.05, 3.63) is 100 Å². The second kappa shape index (κ2) is 10.1. The number of halogens is 1. The number of aryl methyl sites for hydroxylation is 2. The van der Waals surface area contributed by atoms with Gasteiger partial charge in [-0.3, -0.25) is 4.68 Å². The molecule has 4 aromatic rings. The lowest BCUT2D eigenvalue weighted by Gasteiger charge is -2.12. The molecule has 0 saturated carbocycles. The Labute approximate surface area is 204 Å². The van der Waals surface area contributed by atoms with Gasteiger partial charge in [0.2, 0.25) is 0 Å². The number of aromatic nitrogens is 2. The van der Waals surface area contributed by atoms with Gasteiger partial charge in [0.05, 0.1) is 23.6 Å². The van der Waals surface area contributed by atoms with E-state index in [4.69, 9.17) is 33.7 Å². The third-order valence-electron chi connectivity index (χ3n) is 5.26. The molecule has 33 heavy (non-hydrogen) atoms. The Morgan fingerprint density at radius 3 is 2.45 bits per heavy atom. The van der Waals surface area contributed by atoms with Crippen LogP contribution in [0.15, 0.2) is 72.8 Å². The Kier molecular flexibility index (Phi) is 6.96. The van der Waals surface area contributed by atoms with Gasteiger partial charge in [0.15, 0.2) is 5.11 Å². The first kappa shape index (κ1) is 22.8. The predicted molar refractivity (Wildman–Crippen MR) is 140 cm³/mol. The van der Waals surface area contributed by atoms with Crippen LogP contribution in [0, 0.1) is 20.8 Å². The molecule has 0 bridgehead atoms. The molecule has 0 fully saturated rings. The smallest absolute Gasteiger partial charge is 0.175 e. The molecule has 2 N–H and O–H groups in total. The molecule has 5 nitrogen and oxygen atoms in total. The molecule has 0 aliphatic heterocycles. The highest BCUT2D eigenvalue weighted by Gasteiger charge is 2.14. The average Bonchev–Trinajstić information content (AvgIpc) is 3.04. The number of para-hydroxylation sites is 1. The minimum atomic E-state index is 0.485. The van der Waals surface area contributed by atoms with E-state index in [0.29, 0.717) is 16.7 Å². The predicted octanol–water partition coefficient (Wildman–Crippen LogP) is 7.11. The van der Waals surface area contributed by atoms with Crippen molar-refractivity contribution in [1.82, 2.24) is 9.78 Å². The van der Waals surface area contributed by atoms with Crippen LogP contribution in [0.1, 0.15) is 22.5 Å². The number of nitrogens with zero attached hydrogens (tertiary/aromatic N) is 2. The molecule has 1 aromatic heterocycles. The molecular weight excluding hydrogens is 452 g/mol. The maximum Gasteiger partial charge on any atom is 0.175 e. The van der Waals surface area contributed by atoms with Crippen molar-refractivity contribution in [2.24, 2.45) is 0 Å². The summed E-state index contributed by atoms with van der Waals surface area (Å²) in [4.78, 5) is 0. The fourth-order valence-electron chi connectivity index (χ4n) is 3.48. The topological polar surface area (TPSA) is 51.1 Å². The van der Waals surface area contributed by atoms with Crippen LogP contribution < -0.4 is 15.4 Å². The number of nitrogens with one attached hydrogen (secondary N) is 2. The zero-order chi connectivity index (χ0) is 23.4. The average molecular weight is 477 g/mol. The Morgan fingerprint density at radius 2 is 1.70 bits per heavy atom. The molecule has 168 valence electrons. The molecule has 0 radical (unpaired) electrons. The van der Waals surface area contributed by atoms with Crippen molar-refractivity contribution in [3.8, 4) is 11.5 Å². The van der Waals surface area contributed by atoms with Gasteiger partial charge in [-0.15, -0.1) is 0 Å². The summed E-state index contributed by atoms with van der Waals surface area (Å²) >= 11 is 11.7.